The third-order valence-electron chi connectivity index (χ3n) is 3.42. The molecule has 0 aromatic carbocycles. The molecule has 21 heavy (non-hydrogen) atoms. The van der Waals surface area contributed by atoms with Gasteiger partial charge in [0.15, 0.2) is 5.41 Å². The fourth-order valence-electron chi connectivity index (χ4n) is 2.24. The van der Waals surface area contributed by atoms with Crippen LogP contribution in [0.1, 0.15) is 54.4 Å². The van der Waals surface area contributed by atoms with Crippen LogP contribution < -0.4 is 0 Å². The highest BCUT2D eigenvalue weighted by Gasteiger charge is 2.52. The first-order chi connectivity index (χ1) is 9.36. The molecule has 0 N–H and O–H groups in total. The normalized spacial score (nSPS) is 20.0. The monoisotopic (exact) mass is 299 g/mol. The molecule has 0 saturated carbocycles. The predicted octanol–water partition coefficient (Wildman–Crippen LogP) is 2.38. The number of esters is 2. The molecule has 5 nitrogen and oxygen atoms in total. The molecule has 1 aliphatic rings. The Morgan fingerprint density at radius 3 is 1.48 bits per heavy atom. The summed E-state index contributed by atoms with van der Waals surface area (Å²) in [7, 11) is 1.98. The summed E-state index contributed by atoms with van der Waals surface area (Å²) in [5.74, 6) is -0.922. The average molecular weight is 299 g/mol. The Balaban J connectivity index is 3.01. The number of hydrogen-bond acceptors (Lipinski definition) is 5. The number of hydrogen-bond donors (Lipinski definition) is 0. The summed E-state index contributed by atoms with van der Waals surface area (Å²) in [5, 5.41) is 0. The summed E-state index contributed by atoms with van der Waals surface area (Å²) in [6.45, 7) is 12.2. The van der Waals surface area contributed by atoms with E-state index in [-0.39, 0.29) is 0 Å². The molecule has 5 heteroatoms. The minimum atomic E-state index is -1.17. The van der Waals surface area contributed by atoms with Crippen molar-refractivity contribution in [3.63, 3.8) is 0 Å². The second-order valence-corrected chi connectivity index (χ2v) is 7.89. The summed E-state index contributed by atoms with van der Waals surface area (Å²) in [5.41, 5.74) is -2.40. The van der Waals surface area contributed by atoms with Crippen molar-refractivity contribution in [1.82, 2.24) is 4.90 Å². The molecular formula is C16H29NO4. The van der Waals surface area contributed by atoms with Crippen molar-refractivity contribution in [3.05, 3.63) is 0 Å². The predicted molar refractivity (Wildman–Crippen MR) is 80.9 cm³/mol. The highest BCUT2D eigenvalue weighted by atomic mass is 16.6. The highest BCUT2D eigenvalue weighted by molar-refractivity contribution is 6.00. The van der Waals surface area contributed by atoms with E-state index < -0.39 is 28.6 Å². The van der Waals surface area contributed by atoms with Crippen LogP contribution in [-0.2, 0) is 19.1 Å². The van der Waals surface area contributed by atoms with Crippen molar-refractivity contribution >= 4 is 11.9 Å². The topological polar surface area (TPSA) is 55.8 Å². The van der Waals surface area contributed by atoms with E-state index in [0.717, 1.165) is 0 Å². The van der Waals surface area contributed by atoms with Crippen LogP contribution in [0.5, 0.6) is 0 Å². The van der Waals surface area contributed by atoms with Crippen LogP contribution >= 0.6 is 0 Å². The van der Waals surface area contributed by atoms with Gasteiger partial charge < -0.3 is 14.4 Å². The summed E-state index contributed by atoms with van der Waals surface area (Å²) < 4.78 is 11.0. The molecule has 1 aliphatic heterocycles. The number of carbonyl (C=O) groups excluding carboxylic acids is 2. The molecule has 0 aliphatic carbocycles. The van der Waals surface area contributed by atoms with E-state index in [9.17, 15) is 9.59 Å². The van der Waals surface area contributed by atoms with Gasteiger partial charge in [0.05, 0.1) is 0 Å². The third kappa shape index (κ3) is 4.99. The van der Waals surface area contributed by atoms with Gasteiger partial charge in [0.2, 0.25) is 0 Å². The molecule has 0 amide bonds. The lowest BCUT2D eigenvalue weighted by Gasteiger charge is -2.39. The molecule has 1 rings (SSSR count). The number of ether oxygens (including phenoxy) is 2. The van der Waals surface area contributed by atoms with Crippen molar-refractivity contribution in [3.8, 4) is 0 Å². The van der Waals surface area contributed by atoms with Gasteiger partial charge in [-0.2, -0.15) is 0 Å². The van der Waals surface area contributed by atoms with Crippen LogP contribution in [0, 0.1) is 5.41 Å². The van der Waals surface area contributed by atoms with Gasteiger partial charge in [-0.3, -0.25) is 9.59 Å². The van der Waals surface area contributed by atoms with E-state index in [1.165, 1.54) is 0 Å². The van der Waals surface area contributed by atoms with Gasteiger partial charge in [-0.05, 0) is 74.5 Å². The quantitative estimate of drug-likeness (QED) is 0.579. The van der Waals surface area contributed by atoms with Gasteiger partial charge in [0, 0.05) is 0 Å². The molecule has 0 atom stereocenters. The number of carbonyl (C=O) groups is 2. The first kappa shape index (κ1) is 18.0. The van der Waals surface area contributed by atoms with Crippen molar-refractivity contribution < 1.29 is 19.1 Å². The van der Waals surface area contributed by atoms with Crippen molar-refractivity contribution in [1.29, 1.82) is 0 Å². The number of likely N-dealkylation sites (tertiary alicyclic amines) is 1. The van der Waals surface area contributed by atoms with E-state index in [2.05, 4.69) is 4.90 Å². The SMILES string of the molecule is CN1CCC(C(=O)OC(C)(C)C)(C(=O)OC(C)(C)C)CC1. The fraction of sp³-hybridized carbons (Fsp3) is 0.875. The van der Waals surface area contributed by atoms with Crippen LogP contribution in [-0.4, -0.2) is 48.2 Å². The van der Waals surface area contributed by atoms with Crippen LogP contribution in [0.2, 0.25) is 0 Å². The Labute approximate surface area is 128 Å². The van der Waals surface area contributed by atoms with Crippen LogP contribution in [0.4, 0.5) is 0 Å². The standard InChI is InChI=1S/C16H29NO4/c1-14(2,3)20-12(18)16(8-10-17(7)11-9-16)13(19)21-15(4,5)6/h8-11H2,1-7H3. The molecule has 0 aromatic rings. The minimum absolute atomic E-state index is 0.438. The summed E-state index contributed by atoms with van der Waals surface area (Å²) >= 11 is 0. The number of nitrogens with zero attached hydrogens (tertiary/aromatic N) is 1. The first-order valence-corrected chi connectivity index (χ1v) is 7.51. The van der Waals surface area contributed by atoms with Crippen molar-refractivity contribution in [2.45, 2.75) is 65.6 Å². The Kier molecular flexibility index (Phi) is 5.09. The van der Waals surface area contributed by atoms with Crippen molar-refractivity contribution in [2.24, 2.45) is 5.41 Å². The zero-order valence-corrected chi connectivity index (χ0v) is 14.4. The van der Waals surface area contributed by atoms with Gasteiger partial charge in [-0.15, -0.1) is 0 Å². The van der Waals surface area contributed by atoms with Gasteiger partial charge in [-0.1, -0.05) is 0 Å². The van der Waals surface area contributed by atoms with Gasteiger partial charge in [-0.25, -0.2) is 0 Å². The molecule has 0 spiro atoms. The van der Waals surface area contributed by atoms with Crippen LogP contribution in [0.25, 0.3) is 0 Å². The minimum Gasteiger partial charge on any atom is -0.459 e. The lowest BCUT2D eigenvalue weighted by molar-refractivity contribution is -0.188. The zero-order valence-electron chi connectivity index (χ0n) is 14.4. The average Bonchev–Trinajstić information content (AvgIpc) is 2.25. The maximum absolute atomic E-state index is 12.6. The molecule has 0 bridgehead atoms. The first-order valence-electron chi connectivity index (χ1n) is 7.51. The second kappa shape index (κ2) is 5.95. The Morgan fingerprint density at radius 2 is 1.19 bits per heavy atom. The highest BCUT2D eigenvalue weighted by Crippen LogP contribution is 2.36. The second-order valence-electron chi connectivity index (χ2n) is 7.89. The fourth-order valence-corrected chi connectivity index (χ4v) is 2.24. The largest absolute Gasteiger partial charge is 0.459 e. The summed E-state index contributed by atoms with van der Waals surface area (Å²) in [4.78, 5) is 27.4. The summed E-state index contributed by atoms with van der Waals surface area (Å²) in [6.07, 6.45) is 0.876. The smallest absolute Gasteiger partial charge is 0.324 e. The Bertz CT molecular complexity index is 365. The molecule has 122 valence electrons. The van der Waals surface area contributed by atoms with E-state index in [0.29, 0.717) is 25.9 Å². The van der Waals surface area contributed by atoms with Crippen molar-refractivity contribution in [2.75, 3.05) is 20.1 Å². The molecule has 0 aromatic heterocycles. The lowest BCUT2D eigenvalue weighted by Crippen LogP contribution is -2.52. The van der Waals surface area contributed by atoms with E-state index >= 15 is 0 Å². The lowest BCUT2D eigenvalue weighted by atomic mass is 9.78. The van der Waals surface area contributed by atoms with Crippen LogP contribution in [0.3, 0.4) is 0 Å². The molecular weight excluding hydrogens is 270 g/mol. The Hall–Kier alpha value is -1.10. The van der Waals surface area contributed by atoms with Crippen LogP contribution in [0.15, 0.2) is 0 Å². The van der Waals surface area contributed by atoms with E-state index in [1.54, 1.807) is 0 Å². The summed E-state index contributed by atoms with van der Waals surface area (Å²) in [6, 6.07) is 0. The van der Waals surface area contributed by atoms with E-state index in [4.69, 9.17) is 9.47 Å². The molecule has 0 unspecified atom stereocenters. The number of rotatable bonds is 2. The molecule has 1 fully saturated rings. The van der Waals surface area contributed by atoms with Gasteiger partial charge >= 0.3 is 11.9 Å². The number of piperidine rings is 1. The van der Waals surface area contributed by atoms with E-state index in [1.807, 2.05) is 48.6 Å². The maximum Gasteiger partial charge on any atom is 0.324 e. The zero-order chi connectivity index (χ0) is 16.5. The molecule has 1 heterocycles. The molecule has 1 saturated heterocycles. The molecule has 0 radical (unpaired) electrons. The van der Waals surface area contributed by atoms with Gasteiger partial charge in [0.25, 0.3) is 0 Å². The maximum atomic E-state index is 12.6. The Morgan fingerprint density at radius 1 is 0.857 bits per heavy atom. The third-order valence-corrected chi connectivity index (χ3v) is 3.42. The van der Waals surface area contributed by atoms with Gasteiger partial charge in [0.1, 0.15) is 11.2 Å².